The van der Waals surface area contributed by atoms with Crippen LogP contribution in [0.25, 0.3) is 0 Å². The molecule has 1 aromatic carbocycles. The first kappa shape index (κ1) is 23.3. The summed E-state index contributed by atoms with van der Waals surface area (Å²) in [6.45, 7) is 18.9. The van der Waals surface area contributed by atoms with Crippen LogP contribution in [0.1, 0.15) is 91.7 Å². The van der Waals surface area contributed by atoms with Crippen LogP contribution in [0.15, 0.2) is 24.3 Å². The molecule has 0 heterocycles. The second kappa shape index (κ2) is 19.6. The van der Waals surface area contributed by atoms with Crippen LogP contribution in [0.4, 0.5) is 0 Å². The van der Waals surface area contributed by atoms with E-state index in [4.69, 9.17) is 0 Å². The van der Waals surface area contributed by atoms with Crippen molar-refractivity contribution in [3.63, 3.8) is 0 Å². The van der Waals surface area contributed by atoms with Gasteiger partial charge in [-0.3, -0.25) is 0 Å². The molecule has 0 amide bonds. The zero-order valence-electron chi connectivity index (χ0n) is 15.0. The number of benzene rings is 1. The molecule has 0 fully saturated rings. The molecule has 1 atom stereocenters. The van der Waals surface area contributed by atoms with E-state index < -0.39 is 0 Å². The van der Waals surface area contributed by atoms with E-state index in [1.807, 2.05) is 27.7 Å². The SMILES string of the molecule is CC.CC.CCC.CCCC(C)c1ccc(C)cc1. The van der Waals surface area contributed by atoms with Crippen LogP contribution in [0, 0.1) is 6.92 Å². The minimum absolute atomic E-state index is 0.718. The molecule has 0 N–H and O–H groups in total. The van der Waals surface area contributed by atoms with Crippen molar-refractivity contribution in [1.82, 2.24) is 0 Å². The summed E-state index contributed by atoms with van der Waals surface area (Å²) >= 11 is 0. The Morgan fingerprint density at radius 2 is 1.21 bits per heavy atom. The van der Waals surface area contributed by atoms with Gasteiger partial charge >= 0.3 is 0 Å². The van der Waals surface area contributed by atoms with Crippen molar-refractivity contribution in [1.29, 1.82) is 0 Å². The van der Waals surface area contributed by atoms with Gasteiger partial charge in [-0.05, 0) is 24.8 Å². The quantitative estimate of drug-likeness (QED) is 0.536. The summed E-state index contributed by atoms with van der Waals surface area (Å²) in [6.07, 6.45) is 3.82. The van der Waals surface area contributed by atoms with Crippen LogP contribution < -0.4 is 0 Å². The van der Waals surface area contributed by atoms with E-state index >= 15 is 0 Å². The van der Waals surface area contributed by atoms with E-state index in [0.717, 1.165) is 5.92 Å². The van der Waals surface area contributed by atoms with Gasteiger partial charge in [-0.1, -0.05) is 98.1 Å². The third kappa shape index (κ3) is 15.2. The third-order valence-electron chi connectivity index (χ3n) is 2.37. The monoisotopic (exact) mass is 266 g/mol. The van der Waals surface area contributed by atoms with Gasteiger partial charge in [0, 0.05) is 0 Å². The molecule has 19 heavy (non-hydrogen) atoms. The summed E-state index contributed by atoms with van der Waals surface area (Å²) in [5.41, 5.74) is 2.82. The van der Waals surface area contributed by atoms with Crippen molar-refractivity contribution in [3.05, 3.63) is 35.4 Å². The molecule has 0 spiro atoms. The molecule has 0 radical (unpaired) electrons. The highest BCUT2D eigenvalue weighted by molar-refractivity contribution is 5.23. The van der Waals surface area contributed by atoms with E-state index in [1.165, 1.54) is 30.4 Å². The summed E-state index contributed by atoms with van der Waals surface area (Å²) in [5.74, 6) is 0.718. The number of aryl methyl sites for hydroxylation is 1. The summed E-state index contributed by atoms with van der Waals surface area (Å²) in [6, 6.07) is 8.88. The van der Waals surface area contributed by atoms with E-state index in [1.54, 1.807) is 0 Å². The molecule has 1 aromatic rings. The lowest BCUT2D eigenvalue weighted by molar-refractivity contribution is 0.665. The van der Waals surface area contributed by atoms with E-state index in [9.17, 15) is 0 Å². The molecule has 0 aliphatic rings. The Balaban J connectivity index is -0.000000313. The molecule has 0 heteroatoms. The zero-order valence-corrected chi connectivity index (χ0v) is 15.0. The van der Waals surface area contributed by atoms with Gasteiger partial charge in [0.25, 0.3) is 0 Å². The molecule has 1 rings (SSSR count). The highest BCUT2D eigenvalue weighted by Crippen LogP contribution is 2.20. The van der Waals surface area contributed by atoms with Gasteiger partial charge < -0.3 is 0 Å². The van der Waals surface area contributed by atoms with Gasteiger partial charge in [-0.2, -0.15) is 0 Å². The van der Waals surface area contributed by atoms with Gasteiger partial charge in [0.1, 0.15) is 0 Å². The maximum absolute atomic E-state index is 2.30. The lowest BCUT2D eigenvalue weighted by atomic mass is 9.96. The summed E-state index contributed by atoms with van der Waals surface area (Å²) < 4.78 is 0. The Bertz CT molecular complexity index is 233. The second-order valence-electron chi connectivity index (χ2n) is 4.31. The topological polar surface area (TPSA) is 0 Å². The van der Waals surface area contributed by atoms with Crippen molar-refractivity contribution < 1.29 is 0 Å². The van der Waals surface area contributed by atoms with Gasteiger partial charge in [-0.15, -0.1) is 0 Å². The van der Waals surface area contributed by atoms with Crippen LogP contribution in [-0.4, -0.2) is 0 Å². The molecule has 0 nitrogen and oxygen atoms in total. The fourth-order valence-electron chi connectivity index (χ4n) is 1.49. The van der Waals surface area contributed by atoms with Crippen molar-refractivity contribution in [2.45, 2.75) is 87.5 Å². The van der Waals surface area contributed by atoms with Crippen LogP contribution in [0.3, 0.4) is 0 Å². The van der Waals surface area contributed by atoms with Gasteiger partial charge in [0.15, 0.2) is 0 Å². The van der Waals surface area contributed by atoms with Crippen molar-refractivity contribution >= 4 is 0 Å². The maximum Gasteiger partial charge on any atom is -0.0190 e. The minimum Gasteiger partial charge on any atom is -0.0683 e. The van der Waals surface area contributed by atoms with Crippen molar-refractivity contribution in [2.75, 3.05) is 0 Å². The van der Waals surface area contributed by atoms with Gasteiger partial charge in [0.2, 0.25) is 0 Å². The van der Waals surface area contributed by atoms with E-state index in [0.29, 0.717) is 0 Å². The molecule has 0 aliphatic carbocycles. The molecule has 114 valence electrons. The molecule has 0 aliphatic heterocycles. The molecule has 1 unspecified atom stereocenters. The van der Waals surface area contributed by atoms with Gasteiger partial charge in [-0.25, -0.2) is 0 Å². The summed E-state index contributed by atoms with van der Waals surface area (Å²) in [5, 5.41) is 0. The Hall–Kier alpha value is -0.780. The fraction of sp³-hybridized carbons (Fsp3) is 0.684. The normalized spacial score (nSPS) is 9.74. The average Bonchev–Trinajstić information content (AvgIpc) is 2.45. The second-order valence-corrected chi connectivity index (χ2v) is 4.31. The average molecular weight is 267 g/mol. The predicted molar refractivity (Wildman–Crippen MR) is 93.2 cm³/mol. The molecular weight excluding hydrogens is 228 g/mol. The first-order chi connectivity index (χ1) is 9.15. The Morgan fingerprint density at radius 1 is 0.842 bits per heavy atom. The maximum atomic E-state index is 2.30. The van der Waals surface area contributed by atoms with Crippen LogP contribution in [0.2, 0.25) is 0 Å². The van der Waals surface area contributed by atoms with Crippen LogP contribution >= 0.6 is 0 Å². The largest absolute Gasteiger partial charge is 0.0683 e. The molecular formula is C19H38. The Kier molecular flexibility index (Phi) is 24.0. The van der Waals surface area contributed by atoms with Crippen molar-refractivity contribution in [2.24, 2.45) is 0 Å². The number of rotatable bonds is 3. The highest BCUT2D eigenvalue weighted by atomic mass is 14.1. The smallest absolute Gasteiger partial charge is 0.0190 e. The Labute approximate surface area is 123 Å². The highest BCUT2D eigenvalue weighted by Gasteiger charge is 2.02. The first-order valence-corrected chi connectivity index (χ1v) is 8.22. The van der Waals surface area contributed by atoms with E-state index in [2.05, 4.69) is 58.9 Å². The standard InChI is InChI=1S/C12H18.C3H8.2C2H6/c1-4-5-11(3)12-8-6-10(2)7-9-12;1-3-2;2*1-2/h6-9,11H,4-5H2,1-3H3;3H2,1-2H3;2*1-2H3. The number of hydrogen-bond acceptors (Lipinski definition) is 0. The van der Waals surface area contributed by atoms with Crippen LogP contribution in [0.5, 0.6) is 0 Å². The third-order valence-corrected chi connectivity index (χ3v) is 2.37. The zero-order chi connectivity index (χ0) is 15.7. The van der Waals surface area contributed by atoms with Gasteiger partial charge in [0.05, 0.1) is 0 Å². The molecule has 0 saturated carbocycles. The van der Waals surface area contributed by atoms with Crippen LogP contribution in [-0.2, 0) is 0 Å². The summed E-state index contributed by atoms with van der Waals surface area (Å²) in [7, 11) is 0. The minimum atomic E-state index is 0.718. The fourth-order valence-corrected chi connectivity index (χ4v) is 1.49. The Morgan fingerprint density at radius 3 is 1.53 bits per heavy atom. The first-order valence-electron chi connectivity index (χ1n) is 8.22. The molecule has 0 aromatic heterocycles. The lowest BCUT2D eigenvalue weighted by Gasteiger charge is -2.09. The number of hydrogen-bond donors (Lipinski definition) is 0. The molecule has 0 saturated heterocycles. The van der Waals surface area contributed by atoms with E-state index in [-0.39, 0.29) is 0 Å². The predicted octanol–water partition coefficient (Wildman–Crippen LogP) is 7.37. The molecule has 0 bridgehead atoms. The lowest BCUT2D eigenvalue weighted by Crippen LogP contribution is -1.92. The summed E-state index contributed by atoms with van der Waals surface area (Å²) in [4.78, 5) is 0. The van der Waals surface area contributed by atoms with Crippen molar-refractivity contribution in [3.8, 4) is 0 Å².